The van der Waals surface area contributed by atoms with E-state index < -0.39 is 4.92 Å². The van der Waals surface area contributed by atoms with Gasteiger partial charge in [0.25, 0.3) is 11.6 Å². The highest BCUT2D eigenvalue weighted by Gasteiger charge is 2.33. The van der Waals surface area contributed by atoms with Crippen molar-refractivity contribution in [2.75, 3.05) is 19.0 Å². The van der Waals surface area contributed by atoms with E-state index in [1.54, 1.807) is 4.90 Å². The quantitative estimate of drug-likeness (QED) is 0.452. The van der Waals surface area contributed by atoms with Gasteiger partial charge in [-0.1, -0.05) is 15.9 Å². The van der Waals surface area contributed by atoms with Crippen LogP contribution in [0.2, 0.25) is 0 Å². The number of carbonyl (C=O) groups is 1. The normalized spacial score (nSPS) is 13.9. The summed E-state index contributed by atoms with van der Waals surface area (Å²) in [6.07, 6.45) is 2.02. The van der Waals surface area contributed by atoms with Crippen molar-refractivity contribution >= 4 is 27.5 Å². The van der Waals surface area contributed by atoms with E-state index >= 15 is 0 Å². The van der Waals surface area contributed by atoms with Gasteiger partial charge < -0.3 is 9.64 Å². The van der Waals surface area contributed by atoms with E-state index in [1.165, 1.54) is 25.3 Å². The molecule has 1 aromatic carbocycles. The standard InChI is InChI=1S/C13H15BrN2O4/c1-20-12-8-10(16(18)19)4-5-11(12)13(17)15(7-6-14)9-2-3-9/h4-5,8-9H,2-3,6-7H2,1H3. The van der Waals surface area contributed by atoms with Crippen molar-refractivity contribution < 1.29 is 14.5 Å². The summed E-state index contributed by atoms with van der Waals surface area (Å²) in [7, 11) is 1.40. The fraction of sp³-hybridized carbons (Fsp3) is 0.462. The molecule has 0 saturated heterocycles. The first-order valence-corrected chi connectivity index (χ1v) is 7.40. The first kappa shape index (κ1) is 14.8. The maximum Gasteiger partial charge on any atom is 0.273 e. The molecule has 0 spiro atoms. The zero-order valence-corrected chi connectivity index (χ0v) is 12.6. The molecule has 0 aromatic heterocycles. The summed E-state index contributed by atoms with van der Waals surface area (Å²) in [4.78, 5) is 24.6. The number of nitro groups is 1. The van der Waals surface area contributed by atoms with E-state index in [9.17, 15) is 14.9 Å². The van der Waals surface area contributed by atoms with Gasteiger partial charge in [0.2, 0.25) is 0 Å². The number of nitro benzene ring substituents is 1. The molecule has 20 heavy (non-hydrogen) atoms. The first-order valence-electron chi connectivity index (χ1n) is 6.28. The van der Waals surface area contributed by atoms with Crippen LogP contribution in [0.3, 0.4) is 0 Å². The third-order valence-corrected chi connectivity index (χ3v) is 3.55. The number of methoxy groups -OCH3 is 1. The molecule has 1 aromatic rings. The average Bonchev–Trinajstić information content (AvgIpc) is 3.27. The molecule has 1 aliphatic carbocycles. The second-order valence-corrected chi connectivity index (χ2v) is 5.35. The van der Waals surface area contributed by atoms with Gasteiger partial charge in [-0.05, 0) is 18.9 Å². The second kappa shape index (κ2) is 6.21. The summed E-state index contributed by atoms with van der Waals surface area (Å²) >= 11 is 3.34. The van der Waals surface area contributed by atoms with Crippen LogP contribution in [0, 0.1) is 10.1 Å². The number of ether oxygens (including phenoxy) is 1. The van der Waals surface area contributed by atoms with Crippen LogP contribution in [0.5, 0.6) is 5.75 Å². The Kier molecular flexibility index (Phi) is 4.59. The third-order valence-electron chi connectivity index (χ3n) is 3.20. The summed E-state index contributed by atoms with van der Waals surface area (Å²) in [6, 6.07) is 4.35. The Bertz CT molecular complexity index is 531. The number of rotatable bonds is 6. The van der Waals surface area contributed by atoms with E-state index in [2.05, 4.69) is 15.9 Å². The Balaban J connectivity index is 2.30. The monoisotopic (exact) mass is 342 g/mol. The van der Waals surface area contributed by atoms with E-state index in [0.717, 1.165) is 12.8 Å². The Labute approximate surface area is 125 Å². The van der Waals surface area contributed by atoms with Gasteiger partial charge in [0.15, 0.2) is 0 Å². The minimum Gasteiger partial charge on any atom is -0.496 e. The van der Waals surface area contributed by atoms with Crippen LogP contribution in [-0.4, -0.2) is 40.8 Å². The SMILES string of the molecule is COc1cc([N+](=O)[O-])ccc1C(=O)N(CCBr)C1CC1. The predicted molar refractivity (Wildman–Crippen MR) is 77.5 cm³/mol. The fourth-order valence-corrected chi connectivity index (χ4v) is 2.43. The maximum absolute atomic E-state index is 12.5. The zero-order chi connectivity index (χ0) is 14.7. The number of amides is 1. The minimum atomic E-state index is -0.506. The summed E-state index contributed by atoms with van der Waals surface area (Å²) in [5.41, 5.74) is 0.280. The predicted octanol–water partition coefficient (Wildman–Crippen LogP) is 2.60. The molecule has 0 N–H and O–H groups in total. The number of hydrogen-bond acceptors (Lipinski definition) is 4. The smallest absolute Gasteiger partial charge is 0.273 e. The maximum atomic E-state index is 12.5. The molecule has 0 atom stereocenters. The van der Waals surface area contributed by atoms with Crippen molar-refractivity contribution in [3.63, 3.8) is 0 Å². The molecular formula is C13H15BrN2O4. The largest absolute Gasteiger partial charge is 0.496 e. The lowest BCUT2D eigenvalue weighted by molar-refractivity contribution is -0.384. The van der Waals surface area contributed by atoms with Gasteiger partial charge in [-0.2, -0.15) is 0 Å². The number of alkyl halides is 1. The van der Waals surface area contributed by atoms with Crippen LogP contribution < -0.4 is 4.74 Å². The van der Waals surface area contributed by atoms with E-state index in [0.29, 0.717) is 17.4 Å². The lowest BCUT2D eigenvalue weighted by atomic mass is 10.1. The highest BCUT2D eigenvalue weighted by Crippen LogP contribution is 2.31. The van der Waals surface area contributed by atoms with Gasteiger partial charge in [-0.15, -0.1) is 0 Å². The number of nitrogens with zero attached hydrogens (tertiary/aromatic N) is 2. The molecule has 108 valence electrons. The number of non-ortho nitro benzene ring substituents is 1. The average molecular weight is 343 g/mol. The molecule has 0 unspecified atom stereocenters. The van der Waals surface area contributed by atoms with Gasteiger partial charge in [0, 0.05) is 24.0 Å². The van der Waals surface area contributed by atoms with Crippen LogP contribution in [0.1, 0.15) is 23.2 Å². The minimum absolute atomic E-state index is 0.0862. The van der Waals surface area contributed by atoms with Crippen molar-refractivity contribution in [3.05, 3.63) is 33.9 Å². The van der Waals surface area contributed by atoms with Gasteiger partial charge in [-0.25, -0.2) is 0 Å². The lowest BCUT2D eigenvalue weighted by Crippen LogP contribution is -2.34. The molecule has 1 aliphatic rings. The van der Waals surface area contributed by atoms with Crippen molar-refractivity contribution in [2.45, 2.75) is 18.9 Å². The molecule has 0 heterocycles. The summed E-state index contributed by atoms with van der Waals surface area (Å²) in [5.74, 6) is 0.100. The zero-order valence-electron chi connectivity index (χ0n) is 11.0. The van der Waals surface area contributed by atoms with Gasteiger partial charge in [-0.3, -0.25) is 14.9 Å². The molecule has 1 saturated carbocycles. The summed E-state index contributed by atoms with van der Waals surface area (Å²) < 4.78 is 5.12. The summed E-state index contributed by atoms with van der Waals surface area (Å²) in [5, 5.41) is 11.5. The Morgan fingerprint density at radius 1 is 1.55 bits per heavy atom. The van der Waals surface area contributed by atoms with Crippen LogP contribution in [0.4, 0.5) is 5.69 Å². The third kappa shape index (κ3) is 3.09. The lowest BCUT2D eigenvalue weighted by Gasteiger charge is -2.22. The van der Waals surface area contributed by atoms with E-state index in [-0.39, 0.29) is 23.4 Å². The van der Waals surface area contributed by atoms with Crippen LogP contribution in [-0.2, 0) is 0 Å². The molecule has 1 fully saturated rings. The fourth-order valence-electron chi connectivity index (χ4n) is 2.05. The van der Waals surface area contributed by atoms with Crippen molar-refractivity contribution in [1.82, 2.24) is 4.90 Å². The Morgan fingerprint density at radius 2 is 2.25 bits per heavy atom. The Hall–Kier alpha value is -1.63. The van der Waals surface area contributed by atoms with Crippen LogP contribution in [0.25, 0.3) is 0 Å². The first-order chi connectivity index (χ1) is 9.58. The van der Waals surface area contributed by atoms with Gasteiger partial charge >= 0.3 is 0 Å². The van der Waals surface area contributed by atoms with E-state index in [4.69, 9.17) is 4.74 Å². The van der Waals surface area contributed by atoms with Crippen molar-refractivity contribution in [2.24, 2.45) is 0 Å². The van der Waals surface area contributed by atoms with Crippen LogP contribution in [0.15, 0.2) is 18.2 Å². The molecule has 7 heteroatoms. The number of benzene rings is 1. The number of halogens is 1. The van der Waals surface area contributed by atoms with Crippen molar-refractivity contribution in [3.8, 4) is 5.75 Å². The highest BCUT2D eigenvalue weighted by atomic mass is 79.9. The Morgan fingerprint density at radius 3 is 2.75 bits per heavy atom. The molecule has 6 nitrogen and oxygen atoms in total. The summed E-state index contributed by atoms with van der Waals surface area (Å²) in [6.45, 7) is 0.615. The molecule has 1 amide bonds. The van der Waals surface area contributed by atoms with Crippen molar-refractivity contribution in [1.29, 1.82) is 0 Å². The highest BCUT2D eigenvalue weighted by molar-refractivity contribution is 9.09. The topological polar surface area (TPSA) is 72.7 Å². The van der Waals surface area contributed by atoms with Gasteiger partial charge in [0.1, 0.15) is 5.75 Å². The van der Waals surface area contributed by atoms with Gasteiger partial charge in [0.05, 0.1) is 23.7 Å². The molecular weight excluding hydrogens is 328 g/mol. The second-order valence-electron chi connectivity index (χ2n) is 4.56. The number of hydrogen-bond donors (Lipinski definition) is 0. The molecule has 0 bridgehead atoms. The molecule has 2 rings (SSSR count). The number of carbonyl (C=O) groups excluding carboxylic acids is 1. The molecule has 0 aliphatic heterocycles. The van der Waals surface area contributed by atoms with E-state index in [1.807, 2.05) is 0 Å². The van der Waals surface area contributed by atoms with Crippen LogP contribution >= 0.6 is 15.9 Å². The molecule has 0 radical (unpaired) electrons.